The summed E-state index contributed by atoms with van der Waals surface area (Å²) < 4.78 is 1.01. The average Bonchev–Trinajstić information content (AvgIpc) is 2.12. The number of halogens is 1. The molecule has 0 aliphatic carbocycles. The van der Waals surface area contributed by atoms with Gasteiger partial charge >= 0.3 is 0 Å². The Morgan fingerprint density at radius 1 is 1.64 bits per heavy atom. The molecule has 0 bridgehead atoms. The Hall–Kier alpha value is -0.610. The molecule has 1 aromatic heterocycles. The van der Waals surface area contributed by atoms with Gasteiger partial charge in [0.1, 0.15) is 5.82 Å². The third-order valence-corrected chi connectivity index (χ3v) is 2.83. The number of nitrogens with zero attached hydrogens (tertiary/aromatic N) is 1. The van der Waals surface area contributed by atoms with Crippen LogP contribution in [-0.4, -0.2) is 22.7 Å². The van der Waals surface area contributed by atoms with E-state index in [2.05, 4.69) is 26.2 Å². The fourth-order valence-electron chi connectivity index (χ4n) is 1.14. The maximum atomic E-state index is 8.75. The van der Waals surface area contributed by atoms with Gasteiger partial charge < -0.3 is 10.4 Å². The van der Waals surface area contributed by atoms with E-state index in [1.165, 1.54) is 0 Å². The van der Waals surface area contributed by atoms with Gasteiger partial charge in [-0.1, -0.05) is 0 Å². The van der Waals surface area contributed by atoms with Crippen LogP contribution in [0.3, 0.4) is 0 Å². The molecule has 0 saturated heterocycles. The van der Waals surface area contributed by atoms with Crippen LogP contribution in [0, 0.1) is 6.92 Å². The first-order valence-corrected chi connectivity index (χ1v) is 5.42. The van der Waals surface area contributed by atoms with Gasteiger partial charge in [0.2, 0.25) is 0 Å². The molecule has 2 N–H and O–H groups in total. The summed E-state index contributed by atoms with van der Waals surface area (Å²) in [5.41, 5.74) is 1.15. The fourth-order valence-corrected chi connectivity index (χ4v) is 1.35. The quantitative estimate of drug-likeness (QED) is 0.872. The second kappa shape index (κ2) is 5.32. The van der Waals surface area contributed by atoms with Gasteiger partial charge in [-0.05, 0) is 47.8 Å². The van der Waals surface area contributed by atoms with Crippen LogP contribution in [0.5, 0.6) is 0 Å². The van der Waals surface area contributed by atoms with E-state index in [1.807, 2.05) is 19.9 Å². The lowest BCUT2D eigenvalue weighted by atomic mass is 10.2. The van der Waals surface area contributed by atoms with E-state index in [9.17, 15) is 0 Å². The third kappa shape index (κ3) is 3.27. The summed E-state index contributed by atoms with van der Waals surface area (Å²) in [6.45, 7) is 4.24. The highest BCUT2D eigenvalue weighted by atomic mass is 79.9. The topological polar surface area (TPSA) is 45.1 Å². The second-order valence-corrected chi connectivity index (χ2v) is 4.23. The monoisotopic (exact) mass is 258 g/mol. The van der Waals surface area contributed by atoms with Crippen LogP contribution in [-0.2, 0) is 0 Å². The van der Waals surface area contributed by atoms with Crippen molar-refractivity contribution in [1.82, 2.24) is 4.98 Å². The number of hydrogen-bond acceptors (Lipinski definition) is 3. The van der Waals surface area contributed by atoms with Crippen LogP contribution in [0.1, 0.15) is 18.9 Å². The van der Waals surface area contributed by atoms with Crippen molar-refractivity contribution in [1.29, 1.82) is 0 Å². The van der Waals surface area contributed by atoms with Gasteiger partial charge in [0.15, 0.2) is 0 Å². The van der Waals surface area contributed by atoms with Crippen molar-refractivity contribution >= 4 is 21.7 Å². The number of aliphatic hydroxyl groups excluding tert-OH is 1. The number of hydrogen-bond donors (Lipinski definition) is 2. The summed E-state index contributed by atoms with van der Waals surface area (Å²) in [6, 6.07) is 2.23. The summed E-state index contributed by atoms with van der Waals surface area (Å²) in [5, 5.41) is 12.0. The van der Waals surface area contributed by atoms with Crippen LogP contribution in [0.25, 0.3) is 0 Å². The Morgan fingerprint density at radius 2 is 2.36 bits per heavy atom. The van der Waals surface area contributed by atoms with E-state index in [0.717, 1.165) is 22.3 Å². The molecule has 0 aliphatic heterocycles. The van der Waals surface area contributed by atoms with Gasteiger partial charge in [-0.2, -0.15) is 0 Å². The van der Waals surface area contributed by atoms with Crippen molar-refractivity contribution in [3.05, 3.63) is 22.3 Å². The van der Waals surface area contributed by atoms with Crippen LogP contribution >= 0.6 is 15.9 Å². The molecule has 14 heavy (non-hydrogen) atoms. The highest BCUT2D eigenvalue weighted by Crippen LogP contribution is 2.17. The van der Waals surface area contributed by atoms with E-state index < -0.39 is 0 Å². The Balaban J connectivity index is 2.63. The molecular formula is C10H15BrN2O. The number of aliphatic hydroxyl groups is 1. The zero-order valence-electron chi connectivity index (χ0n) is 8.42. The van der Waals surface area contributed by atoms with Gasteiger partial charge in [0.25, 0.3) is 0 Å². The minimum absolute atomic E-state index is 0.198. The zero-order chi connectivity index (χ0) is 10.6. The van der Waals surface area contributed by atoms with Gasteiger partial charge in [-0.3, -0.25) is 0 Å². The smallest absolute Gasteiger partial charge is 0.126 e. The zero-order valence-corrected chi connectivity index (χ0v) is 10.0. The molecule has 0 aromatic carbocycles. The predicted molar refractivity (Wildman–Crippen MR) is 61.5 cm³/mol. The summed E-state index contributed by atoms with van der Waals surface area (Å²) in [4.78, 5) is 4.22. The highest BCUT2D eigenvalue weighted by Gasteiger charge is 2.03. The number of rotatable bonds is 4. The van der Waals surface area contributed by atoms with Crippen LogP contribution < -0.4 is 5.32 Å². The van der Waals surface area contributed by atoms with Gasteiger partial charge in [-0.15, -0.1) is 0 Å². The number of nitrogens with one attached hydrogen (secondary N) is 1. The van der Waals surface area contributed by atoms with Crippen LogP contribution in [0.2, 0.25) is 0 Å². The molecule has 78 valence electrons. The Labute approximate surface area is 92.7 Å². The molecule has 1 heterocycles. The molecule has 0 fully saturated rings. The minimum atomic E-state index is 0.198. The van der Waals surface area contributed by atoms with E-state index in [1.54, 1.807) is 6.20 Å². The molecule has 0 unspecified atom stereocenters. The van der Waals surface area contributed by atoms with Crippen molar-refractivity contribution in [3.8, 4) is 0 Å². The van der Waals surface area contributed by atoms with Gasteiger partial charge in [0, 0.05) is 23.3 Å². The molecule has 0 spiro atoms. The Morgan fingerprint density at radius 3 is 2.93 bits per heavy atom. The van der Waals surface area contributed by atoms with E-state index >= 15 is 0 Å². The molecule has 0 radical (unpaired) electrons. The van der Waals surface area contributed by atoms with Crippen molar-refractivity contribution in [2.75, 3.05) is 11.9 Å². The summed E-state index contributed by atoms with van der Waals surface area (Å²) in [7, 11) is 0. The van der Waals surface area contributed by atoms with E-state index in [4.69, 9.17) is 5.11 Å². The predicted octanol–water partition coefficient (Wildman–Crippen LogP) is 2.34. The summed E-state index contributed by atoms with van der Waals surface area (Å²) in [5.74, 6) is 0.853. The molecule has 0 aliphatic rings. The first kappa shape index (κ1) is 11.5. The Bertz CT molecular complexity index is 304. The number of pyridine rings is 1. The standard InChI is InChI=1S/C10H15BrN2O/c1-7-5-10(12-6-9(7)11)13-8(2)3-4-14/h5-6,8,14H,3-4H2,1-2H3,(H,12,13)/t8-/m1/s1. The molecule has 1 aromatic rings. The van der Waals surface area contributed by atoms with Gasteiger partial charge in [-0.25, -0.2) is 4.98 Å². The first-order chi connectivity index (χ1) is 6.63. The lowest BCUT2D eigenvalue weighted by molar-refractivity contribution is 0.282. The SMILES string of the molecule is Cc1cc(N[C@H](C)CCO)ncc1Br. The maximum absolute atomic E-state index is 8.75. The normalized spacial score (nSPS) is 12.6. The molecule has 1 atom stereocenters. The van der Waals surface area contributed by atoms with Crippen molar-refractivity contribution in [2.45, 2.75) is 26.3 Å². The molecule has 1 rings (SSSR count). The number of anilines is 1. The minimum Gasteiger partial charge on any atom is -0.396 e. The van der Waals surface area contributed by atoms with Crippen molar-refractivity contribution < 1.29 is 5.11 Å². The van der Waals surface area contributed by atoms with Gasteiger partial charge in [0.05, 0.1) is 0 Å². The summed E-state index contributed by atoms with van der Waals surface area (Å²) >= 11 is 3.40. The average molecular weight is 259 g/mol. The first-order valence-electron chi connectivity index (χ1n) is 4.63. The fraction of sp³-hybridized carbons (Fsp3) is 0.500. The van der Waals surface area contributed by atoms with E-state index in [0.29, 0.717) is 0 Å². The van der Waals surface area contributed by atoms with Crippen molar-refractivity contribution in [2.24, 2.45) is 0 Å². The lowest BCUT2D eigenvalue weighted by Crippen LogP contribution is -2.17. The molecule has 0 saturated carbocycles. The van der Waals surface area contributed by atoms with Crippen LogP contribution in [0.4, 0.5) is 5.82 Å². The molecule has 4 heteroatoms. The summed E-state index contributed by atoms with van der Waals surface area (Å²) in [6.07, 6.45) is 2.51. The number of aromatic nitrogens is 1. The second-order valence-electron chi connectivity index (χ2n) is 3.38. The van der Waals surface area contributed by atoms with E-state index in [-0.39, 0.29) is 12.6 Å². The van der Waals surface area contributed by atoms with Crippen LogP contribution in [0.15, 0.2) is 16.7 Å². The lowest BCUT2D eigenvalue weighted by Gasteiger charge is -2.13. The van der Waals surface area contributed by atoms with Crippen molar-refractivity contribution in [3.63, 3.8) is 0 Å². The largest absolute Gasteiger partial charge is 0.396 e. The number of aryl methyl sites for hydroxylation is 1. The molecular weight excluding hydrogens is 244 g/mol. The third-order valence-electron chi connectivity index (χ3n) is 2.00. The highest BCUT2D eigenvalue weighted by molar-refractivity contribution is 9.10. The molecule has 0 amide bonds. The Kier molecular flexibility index (Phi) is 4.35. The molecule has 3 nitrogen and oxygen atoms in total. The maximum Gasteiger partial charge on any atom is 0.126 e.